The molecule has 20 heteroatoms. The van der Waals surface area contributed by atoms with Crippen molar-refractivity contribution in [2.45, 2.75) is 31.5 Å². The molecule has 1 fully saturated rings. The van der Waals surface area contributed by atoms with Gasteiger partial charge >= 0.3 is 17.9 Å². The number of carbonyl (C=O) groups is 4. The molecule has 0 bridgehead atoms. The standard InChI is InChI=1S/C31H21I9O10S/c32-13-5-17(26(38)20(35)8-13)23(41)4-12-3-16(49-29(42)18-6-14(33)9-21(36)27(18)39)11-24(25(12)31(44)48-1-2-51(45,46)47)50-30(43)19-7-15(34)10-22(37)28(19)40/h5-10,12,16,24-25H,1-4,11H2,(H,45,46,47). The van der Waals surface area contributed by atoms with Gasteiger partial charge in [0.1, 0.15) is 24.6 Å². The van der Waals surface area contributed by atoms with Crippen molar-refractivity contribution in [3.8, 4) is 0 Å². The van der Waals surface area contributed by atoms with E-state index in [0.29, 0.717) is 18.3 Å². The largest absolute Gasteiger partial charge is 0.464 e. The van der Waals surface area contributed by atoms with Gasteiger partial charge in [0.05, 0.1) is 17.0 Å². The van der Waals surface area contributed by atoms with Crippen molar-refractivity contribution >= 4 is 237 Å². The lowest BCUT2D eigenvalue weighted by atomic mass is 9.73. The zero-order valence-electron chi connectivity index (χ0n) is 25.2. The van der Waals surface area contributed by atoms with Gasteiger partial charge in [0.25, 0.3) is 10.1 Å². The number of ether oxygens (including phenoxy) is 3. The van der Waals surface area contributed by atoms with Crippen LogP contribution in [0.4, 0.5) is 0 Å². The molecule has 1 saturated carbocycles. The van der Waals surface area contributed by atoms with Crippen LogP contribution in [-0.4, -0.2) is 61.2 Å². The van der Waals surface area contributed by atoms with Crippen molar-refractivity contribution in [3.05, 3.63) is 85.2 Å². The highest BCUT2D eigenvalue weighted by atomic mass is 127. The number of ketones is 1. The molecule has 0 aliphatic heterocycles. The van der Waals surface area contributed by atoms with Crippen molar-refractivity contribution in [2.24, 2.45) is 11.8 Å². The smallest absolute Gasteiger partial charge is 0.339 e. The van der Waals surface area contributed by atoms with Crippen LogP contribution >= 0.6 is 203 Å². The second-order valence-electron chi connectivity index (χ2n) is 11.1. The summed E-state index contributed by atoms with van der Waals surface area (Å²) in [6, 6.07) is 10.9. The first-order valence-corrected chi connectivity index (χ1v) is 25.6. The van der Waals surface area contributed by atoms with Crippen LogP contribution in [-0.2, 0) is 29.1 Å². The highest BCUT2D eigenvalue weighted by Crippen LogP contribution is 2.40. The fraction of sp³-hybridized carbons (Fsp3) is 0.290. The van der Waals surface area contributed by atoms with E-state index in [1.165, 1.54) is 0 Å². The van der Waals surface area contributed by atoms with Gasteiger partial charge in [-0.25, -0.2) is 9.59 Å². The third kappa shape index (κ3) is 12.9. The zero-order valence-corrected chi connectivity index (χ0v) is 45.5. The normalized spacial score (nSPS) is 18.9. The van der Waals surface area contributed by atoms with Gasteiger partial charge in [0, 0.05) is 50.5 Å². The van der Waals surface area contributed by atoms with Crippen LogP contribution in [0, 0.1) is 44.0 Å². The summed E-state index contributed by atoms with van der Waals surface area (Å²) in [7, 11) is -4.45. The van der Waals surface area contributed by atoms with Crippen molar-refractivity contribution in [1.82, 2.24) is 0 Å². The maximum absolute atomic E-state index is 14.0. The molecule has 0 saturated heterocycles. The van der Waals surface area contributed by atoms with Crippen LogP contribution in [0.25, 0.3) is 0 Å². The first kappa shape index (κ1) is 45.9. The summed E-state index contributed by atoms with van der Waals surface area (Å²) in [6.07, 6.45) is -2.32. The molecule has 4 atom stereocenters. The second kappa shape index (κ2) is 20.3. The van der Waals surface area contributed by atoms with E-state index in [-0.39, 0.29) is 30.6 Å². The number of rotatable bonds is 11. The van der Waals surface area contributed by atoms with Crippen molar-refractivity contribution in [2.75, 3.05) is 12.4 Å². The predicted molar refractivity (Wildman–Crippen MR) is 265 cm³/mol. The molecular formula is C31H21I9O10S. The van der Waals surface area contributed by atoms with Crippen LogP contribution in [0.1, 0.15) is 50.3 Å². The van der Waals surface area contributed by atoms with Crippen molar-refractivity contribution in [1.29, 1.82) is 0 Å². The highest BCUT2D eigenvalue weighted by Gasteiger charge is 2.47. The Kier molecular flexibility index (Phi) is 18.2. The highest BCUT2D eigenvalue weighted by molar-refractivity contribution is 14.1. The summed E-state index contributed by atoms with van der Waals surface area (Å²) in [5, 5.41) is 0. The Labute approximate surface area is 416 Å². The van der Waals surface area contributed by atoms with Gasteiger partial charge in [0.2, 0.25) is 0 Å². The molecule has 0 aromatic heterocycles. The molecule has 1 N–H and O–H groups in total. The maximum atomic E-state index is 14.0. The number of halogens is 9. The van der Waals surface area contributed by atoms with Crippen LogP contribution in [0.2, 0.25) is 0 Å². The molecule has 0 amide bonds. The molecule has 0 heterocycles. The molecule has 10 nitrogen and oxygen atoms in total. The Morgan fingerprint density at radius 1 is 0.667 bits per heavy atom. The third-order valence-corrected chi connectivity index (χ3v) is 19.2. The quantitative estimate of drug-likeness (QED) is 0.0491. The van der Waals surface area contributed by atoms with Gasteiger partial charge in [-0.15, -0.1) is 0 Å². The van der Waals surface area contributed by atoms with Crippen LogP contribution in [0.15, 0.2) is 36.4 Å². The number of benzene rings is 3. The first-order valence-electron chi connectivity index (χ1n) is 14.3. The number of hydrogen-bond acceptors (Lipinski definition) is 9. The zero-order chi connectivity index (χ0) is 37.9. The minimum atomic E-state index is -4.45. The molecule has 51 heavy (non-hydrogen) atoms. The summed E-state index contributed by atoms with van der Waals surface area (Å²) in [4.78, 5) is 55.3. The number of hydrogen-bond donors (Lipinski definition) is 1. The maximum Gasteiger partial charge on any atom is 0.339 e. The lowest BCUT2D eigenvalue weighted by molar-refractivity contribution is -0.159. The fourth-order valence-corrected chi connectivity index (χ4v) is 12.8. The first-order chi connectivity index (χ1) is 23.7. The second-order valence-corrected chi connectivity index (χ2v) is 23.1. The lowest BCUT2D eigenvalue weighted by Gasteiger charge is -2.39. The van der Waals surface area contributed by atoms with Crippen molar-refractivity contribution in [3.63, 3.8) is 0 Å². The minimum absolute atomic E-state index is 0.0530. The molecule has 1 aliphatic rings. The lowest BCUT2D eigenvalue weighted by Crippen LogP contribution is -2.48. The third-order valence-electron chi connectivity index (χ3n) is 7.53. The molecule has 1 aliphatic carbocycles. The van der Waals surface area contributed by atoms with Gasteiger partial charge in [0.15, 0.2) is 5.78 Å². The summed E-state index contributed by atoms with van der Waals surface area (Å²) in [5.74, 6) is -5.43. The number of carbonyl (C=O) groups excluding carboxylic acids is 4. The van der Waals surface area contributed by atoms with E-state index in [1.54, 1.807) is 18.2 Å². The fourth-order valence-electron chi connectivity index (χ4n) is 5.34. The molecule has 3 aromatic rings. The molecule has 274 valence electrons. The van der Waals surface area contributed by atoms with E-state index >= 15 is 0 Å². The molecule has 3 aromatic carbocycles. The van der Waals surface area contributed by atoms with Gasteiger partial charge in [-0.2, -0.15) is 8.42 Å². The summed E-state index contributed by atoms with van der Waals surface area (Å²) in [6.45, 7) is -0.655. The predicted octanol–water partition coefficient (Wildman–Crippen LogP) is 9.61. The average molecular weight is 1730 g/mol. The molecule has 4 unspecified atom stereocenters. The van der Waals surface area contributed by atoms with Crippen LogP contribution < -0.4 is 0 Å². The van der Waals surface area contributed by atoms with E-state index < -0.39 is 64.4 Å². The van der Waals surface area contributed by atoms with E-state index in [4.69, 9.17) is 14.2 Å². The monoisotopic (exact) mass is 1730 g/mol. The molecule has 0 radical (unpaired) electrons. The van der Waals surface area contributed by atoms with Crippen molar-refractivity contribution < 1.29 is 46.4 Å². The van der Waals surface area contributed by atoms with Gasteiger partial charge in [-0.05, 0) is 252 Å². The Hall–Kier alpha value is 2.22. The molecule has 4 rings (SSSR count). The summed E-state index contributed by atoms with van der Waals surface area (Å²) < 4.78 is 56.7. The topological polar surface area (TPSA) is 150 Å². The number of esters is 3. The number of Topliss-reactive ketones (excluding diaryl/α,β-unsaturated/α-hetero) is 1. The Balaban J connectivity index is 1.77. The SMILES string of the molecule is O=C(CC1CC(OC(=O)c2cc(I)cc(I)c2I)CC(OC(=O)c2cc(I)cc(I)c2I)C1C(=O)OCCS(=O)(=O)O)c1cc(I)cc(I)c1I. The van der Waals surface area contributed by atoms with Crippen LogP contribution in [0.5, 0.6) is 0 Å². The minimum Gasteiger partial charge on any atom is -0.464 e. The Morgan fingerprint density at radius 3 is 1.61 bits per heavy atom. The van der Waals surface area contributed by atoms with E-state index in [1.807, 2.05) is 40.8 Å². The average Bonchev–Trinajstić information content (AvgIpc) is 3.01. The van der Waals surface area contributed by atoms with Gasteiger partial charge < -0.3 is 14.2 Å². The molecular weight excluding hydrogens is 1710 g/mol. The van der Waals surface area contributed by atoms with E-state index in [0.717, 1.165) is 25.0 Å². The van der Waals surface area contributed by atoms with Gasteiger partial charge in [-0.1, -0.05) is 0 Å². The summed E-state index contributed by atoms with van der Waals surface area (Å²) >= 11 is 18.9. The van der Waals surface area contributed by atoms with E-state index in [2.05, 4.69) is 181 Å². The Bertz CT molecular complexity index is 1930. The van der Waals surface area contributed by atoms with Crippen LogP contribution in [0.3, 0.4) is 0 Å². The Morgan fingerprint density at radius 2 is 1.12 bits per heavy atom. The molecule has 0 spiro atoms. The van der Waals surface area contributed by atoms with E-state index in [9.17, 15) is 32.1 Å². The van der Waals surface area contributed by atoms with Gasteiger partial charge in [-0.3, -0.25) is 14.1 Å². The summed E-state index contributed by atoms with van der Waals surface area (Å²) in [5.41, 5.74) is 1.07.